The van der Waals surface area contributed by atoms with Crippen molar-refractivity contribution in [2.24, 2.45) is 0 Å². The monoisotopic (exact) mass is 321 g/mol. The van der Waals surface area contributed by atoms with E-state index >= 15 is 0 Å². The van der Waals surface area contributed by atoms with Crippen molar-refractivity contribution in [1.29, 1.82) is 0 Å². The molecule has 0 bridgehead atoms. The van der Waals surface area contributed by atoms with Crippen LogP contribution in [0.15, 0.2) is 24.3 Å². The highest BCUT2D eigenvalue weighted by molar-refractivity contribution is 7.54. The lowest BCUT2D eigenvalue weighted by atomic mass is 10.3. The lowest BCUT2D eigenvalue weighted by molar-refractivity contribution is -0.384. The summed E-state index contributed by atoms with van der Waals surface area (Å²) in [7, 11) is -3.24. The number of halogens is 1. The second-order valence-electron chi connectivity index (χ2n) is 3.99. The predicted molar refractivity (Wildman–Crippen MR) is 77.8 cm³/mol. The molecule has 1 rings (SSSR count). The first-order chi connectivity index (χ1) is 9.50. The third-order valence-corrected chi connectivity index (χ3v) is 4.71. The number of alkyl halides is 1. The van der Waals surface area contributed by atoms with Gasteiger partial charge in [0.05, 0.1) is 17.7 Å². The Bertz CT molecular complexity index is 479. The molecule has 20 heavy (non-hydrogen) atoms. The molecule has 1 atom stereocenters. The zero-order chi connectivity index (χ0) is 15.0. The van der Waals surface area contributed by atoms with Crippen LogP contribution in [0.5, 0.6) is 5.75 Å². The first-order valence-corrected chi connectivity index (χ1v) is 8.50. The van der Waals surface area contributed by atoms with Gasteiger partial charge in [-0.2, -0.15) is 0 Å². The molecule has 0 aliphatic rings. The molecule has 0 N–H and O–H groups in total. The Morgan fingerprint density at radius 1 is 1.30 bits per heavy atom. The van der Waals surface area contributed by atoms with Gasteiger partial charge in [-0.1, -0.05) is 0 Å². The van der Waals surface area contributed by atoms with Crippen molar-refractivity contribution in [3.05, 3.63) is 34.4 Å². The number of nitro groups is 1. The van der Waals surface area contributed by atoms with Crippen molar-refractivity contribution in [2.75, 3.05) is 18.6 Å². The molecular formula is C12H17ClNO5P. The molecule has 6 nitrogen and oxygen atoms in total. The van der Waals surface area contributed by atoms with Gasteiger partial charge in [0.25, 0.3) is 5.69 Å². The molecule has 1 aromatic rings. The molecular weight excluding hydrogens is 305 g/mol. The molecule has 0 radical (unpaired) electrons. The molecule has 0 spiro atoms. The van der Waals surface area contributed by atoms with E-state index in [0.29, 0.717) is 18.1 Å². The lowest BCUT2D eigenvalue weighted by Gasteiger charge is -2.18. The van der Waals surface area contributed by atoms with E-state index < -0.39 is 12.5 Å². The molecule has 0 aliphatic carbocycles. The Kier molecular flexibility index (Phi) is 6.99. The van der Waals surface area contributed by atoms with Crippen molar-refractivity contribution in [3.8, 4) is 5.75 Å². The summed E-state index contributed by atoms with van der Waals surface area (Å²) >= 11 is 5.58. The minimum Gasteiger partial charge on any atom is -0.424 e. The zero-order valence-corrected chi connectivity index (χ0v) is 12.8. The van der Waals surface area contributed by atoms with Gasteiger partial charge >= 0.3 is 7.60 Å². The highest BCUT2D eigenvalue weighted by atomic mass is 35.5. The number of rotatable bonds is 9. The van der Waals surface area contributed by atoms with E-state index in [-0.39, 0.29) is 18.5 Å². The number of unbranched alkanes of at least 4 members (excludes halogenated alkanes) is 1. The average Bonchev–Trinajstić information content (AvgIpc) is 2.39. The Hall–Kier alpha value is -1.10. The molecule has 0 saturated carbocycles. The van der Waals surface area contributed by atoms with Crippen molar-refractivity contribution in [3.63, 3.8) is 0 Å². The van der Waals surface area contributed by atoms with E-state index in [9.17, 15) is 14.7 Å². The summed E-state index contributed by atoms with van der Waals surface area (Å²) < 4.78 is 23.1. The third-order valence-electron chi connectivity index (χ3n) is 2.43. The average molecular weight is 322 g/mol. The lowest BCUT2D eigenvalue weighted by Crippen LogP contribution is -2.03. The molecule has 1 aromatic carbocycles. The largest absolute Gasteiger partial charge is 0.424 e. The Morgan fingerprint density at radius 2 is 1.95 bits per heavy atom. The fourth-order valence-corrected chi connectivity index (χ4v) is 3.43. The molecule has 0 fully saturated rings. The van der Waals surface area contributed by atoms with Gasteiger partial charge in [0.15, 0.2) is 0 Å². The molecule has 8 heteroatoms. The van der Waals surface area contributed by atoms with Gasteiger partial charge in [-0.15, -0.1) is 11.6 Å². The number of non-ortho nitro benzene ring substituents is 1. The predicted octanol–water partition coefficient (Wildman–Crippen LogP) is 4.22. The van der Waals surface area contributed by atoms with Gasteiger partial charge in [0.2, 0.25) is 0 Å². The molecule has 0 heterocycles. The number of hydrogen-bond donors (Lipinski definition) is 0. The number of nitrogens with zero attached hydrogens (tertiary/aromatic N) is 1. The topological polar surface area (TPSA) is 78.7 Å². The molecule has 0 amide bonds. The highest BCUT2D eigenvalue weighted by Gasteiger charge is 2.25. The van der Waals surface area contributed by atoms with Crippen LogP contribution < -0.4 is 4.52 Å². The summed E-state index contributed by atoms with van der Waals surface area (Å²) in [4.78, 5) is 10.0. The Morgan fingerprint density at radius 3 is 2.45 bits per heavy atom. The summed E-state index contributed by atoms with van der Waals surface area (Å²) in [5.74, 6) is 0.780. The smallest absolute Gasteiger partial charge is 0.379 e. The van der Waals surface area contributed by atoms with Crippen LogP contribution in [0.2, 0.25) is 0 Å². The van der Waals surface area contributed by atoms with E-state index in [1.807, 2.05) is 0 Å². The van der Waals surface area contributed by atoms with Gasteiger partial charge in [0.1, 0.15) is 5.75 Å². The number of nitro benzene ring substituents is 1. The fraction of sp³-hybridized carbons (Fsp3) is 0.500. The summed E-state index contributed by atoms with van der Waals surface area (Å²) in [6.45, 7) is 2.00. The van der Waals surface area contributed by atoms with Crippen molar-refractivity contribution in [1.82, 2.24) is 0 Å². The van der Waals surface area contributed by atoms with E-state index in [2.05, 4.69) is 0 Å². The summed E-state index contributed by atoms with van der Waals surface area (Å²) in [6, 6.07) is 5.41. The molecule has 112 valence electrons. The highest BCUT2D eigenvalue weighted by Crippen LogP contribution is 2.49. The van der Waals surface area contributed by atoms with Crippen molar-refractivity contribution < 1.29 is 18.5 Å². The SMILES string of the molecule is CCOP(=O)(CCCCCl)Oc1ccc([N+](=O)[O-])cc1. The summed E-state index contributed by atoms with van der Waals surface area (Å²) in [5.41, 5.74) is -0.0502. The minimum absolute atomic E-state index is 0.0502. The van der Waals surface area contributed by atoms with Gasteiger partial charge in [-0.05, 0) is 31.9 Å². The Balaban J connectivity index is 2.73. The zero-order valence-electron chi connectivity index (χ0n) is 11.2. The standard InChI is InChI=1S/C12H17ClNO5P/c1-2-18-20(17,10-4-3-9-13)19-12-7-5-11(6-8-12)14(15)16/h5-8H,2-4,9-10H2,1H3. The van der Waals surface area contributed by atoms with Gasteiger partial charge in [0, 0.05) is 18.0 Å². The minimum atomic E-state index is -3.24. The van der Waals surface area contributed by atoms with Crippen LogP contribution in [-0.4, -0.2) is 23.6 Å². The normalized spacial score (nSPS) is 13.7. The van der Waals surface area contributed by atoms with Crippen LogP contribution in [0.1, 0.15) is 19.8 Å². The molecule has 0 aromatic heterocycles. The van der Waals surface area contributed by atoms with E-state index in [0.717, 1.165) is 6.42 Å². The Labute approximate surface area is 122 Å². The molecule has 0 aliphatic heterocycles. The van der Waals surface area contributed by atoms with Crippen molar-refractivity contribution >= 4 is 24.9 Å². The van der Waals surface area contributed by atoms with E-state index in [1.165, 1.54) is 24.3 Å². The van der Waals surface area contributed by atoms with Crippen LogP contribution >= 0.6 is 19.2 Å². The van der Waals surface area contributed by atoms with Crippen molar-refractivity contribution in [2.45, 2.75) is 19.8 Å². The van der Waals surface area contributed by atoms with Gasteiger partial charge in [-0.3, -0.25) is 10.1 Å². The van der Waals surface area contributed by atoms with Crippen LogP contribution in [0.4, 0.5) is 5.69 Å². The second-order valence-corrected chi connectivity index (χ2v) is 6.48. The molecule has 0 saturated heterocycles. The van der Waals surface area contributed by atoms with Gasteiger partial charge < -0.3 is 9.05 Å². The maximum absolute atomic E-state index is 12.5. The fourth-order valence-electron chi connectivity index (χ4n) is 1.52. The third kappa shape index (κ3) is 5.49. The maximum Gasteiger partial charge on any atom is 0.379 e. The number of hydrogen-bond acceptors (Lipinski definition) is 5. The van der Waals surface area contributed by atoms with E-state index in [4.69, 9.17) is 20.6 Å². The quantitative estimate of drug-likeness (QED) is 0.224. The van der Waals surface area contributed by atoms with Crippen LogP contribution in [0.25, 0.3) is 0 Å². The second kappa shape index (κ2) is 8.25. The van der Waals surface area contributed by atoms with Crippen LogP contribution in [-0.2, 0) is 9.09 Å². The van der Waals surface area contributed by atoms with Crippen LogP contribution in [0.3, 0.4) is 0 Å². The van der Waals surface area contributed by atoms with E-state index in [1.54, 1.807) is 6.92 Å². The summed E-state index contributed by atoms with van der Waals surface area (Å²) in [5, 5.41) is 10.5. The first-order valence-electron chi connectivity index (χ1n) is 6.24. The summed E-state index contributed by atoms with van der Waals surface area (Å²) in [6.07, 6.45) is 1.63. The number of benzene rings is 1. The maximum atomic E-state index is 12.5. The first kappa shape index (κ1) is 17.0. The van der Waals surface area contributed by atoms with Crippen LogP contribution in [0, 0.1) is 10.1 Å². The molecule has 1 unspecified atom stereocenters. The van der Waals surface area contributed by atoms with Gasteiger partial charge in [-0.25, -0.2) is 4.57 Å².